The summed E-state index contributed by atoms with van der Waals surface area (Å²) < 4.78 is 5.45. The maximum Gasteiger partial charge on any atom is 0.223 e. The van der Waals surface area contributed by atoms with E-state index in [2.05, 4.69) is 5.32 Å². The van der Waals surface area contributed by atoms with Crippen molar-refractivity contribution in [2.45, 2.75) is 25.3 Å². The predicted molar refractivity (Wildman–Crippen MR) is 80.3 cm³/mol. The molecule has 1 saturated carbocycles. The smallest absolute Gasteiger partial charge is 0.223 e. The van der Waals surface area contributed by atoms with Gasteiger partial charge in [0.05, 0.1) is 18.1 Å². The van der Waals surface area contributed by atoms with Crippen molar-refractivity contribution in [2.75, 3.05) is 13.2 Å². The molecule has 0 bridgehead atoms. The Hall–Kier alpha value is -0.970. The third-order valence-corrected chi connectivity index (χ3v) is 4.07. The molecule has 1 atom stereocenters. The van der Waals surface area contributed by atoms with Crippen LogP contribution in [-0.4, -0.2) is 25.1 Å². The maximum absolute atomic E-state index is 11.6. The fraction of sp³-hybridized carbons (Fsp3) is 0.500. The molecule has 110 valence electrons. The van der Waals surface area contributed by atoms with Crippen LogP contribution in [0.3, 0.4) is 0 Å². The molecule has 0 saturated heterocycles. The van der Waals surface area contributed by atoms with Gasteiger partial charge in [0.2, 0.25) is 5.91 Å². The molecule has 3 N–H and O–H groups in total. The topological polar surface area (TPSA) is 64.3 Å². The van der Waals surface area contributed by atoms with Crippen LogP contribution in [0, 0.1) is 5.92 Å². The highest BCUT2D eigenvalue weighted by Gasteiger charge is 2.28. The lowest BCUT2D eigenvalue weighted by Gasteiger charge is -2.12. The van der Waals surface area contributed by atoms with Crippen LogP contribution < -0.4 is 15.8 Å². The van der Waals surface area contributed by atoms with Crippen LogP contribution in [0.25, 0.3) is 0 Å². The predicted octanol–water partition coefficient (Wildman–Crippen LogP) is 2.62. The standard InChI is InChI=1S/C14H18Cl2N2O2/c15-10-2-1-3-12(14(10)16)20-7-6-13(19)18-8-11(17)9-4-5-9/h1-3,9,11H,4-8,17H2,(H,18,19). The highest BCUT2D eigenvalue weighted by molar-refractivity contribution is 6.42. The average molecular weight is 317 g/mol. The van der Waals surface area contributed by atoms with Crippen LogP contribution in [-0.2, 0) is 4.79 Å². The molecule has 4 nitrogen and oxygen atoms in total. The Morgan fingerprint density at radius 2 is 2.20 bits per heavy atom. The zero-order valence-corrected chi connectivity index (χ0v) is 12.6. The molecule has 1 amide bonds. The van der Waals surface area contributed by atoms with Crippen LogP contribution >= 0.6 is 23.2 Å². The fourth-order valence-electron chi connectivity index (χ4n) is 1.86. The third-order valence-electron chi connectivity index (χ3n) is 3.27. The molecule has 1 aliphatic carbocycles. The number of amides is 1. The molecule has 1 aromatic rings. The molecule has 6 heteroatoms. The van der Waals surface area contributed by atoms with Crippen molar-refractivity contribution in [1.29, 1.82) is 0 Å². The molecule has 2 rings (SSSR count). The molecule has 0 aromatic heterocycles. The molecule has 0 spiro atoms. The highest BCUT2D eigenvalue weighted by Crippen LogP contribution is 2.32. The van der Waals surface area contributed by atoms with Crippen LogP contribution in [0.2, 0.25) is 10.0 Å². The SMILES string of the molecule is NC(CNC(=O)CCOc1cccc(Cl)c1Cl)C1CC1. The highest BCUT2D eigenvalue weighted by atomic mass is 35.5. The normalized spacial score (nSPS) is 15.8. The first-order chi connectivity index (χ1) is 9.58. The van der Waals surface area contributed by atoms with Crippen LogP contribution in [0.5, 0.6) is 5.75 Å². The van der Waals surface area contributed by atoms with Crippen LogP contribution in [0.1, 0.15) is 19.3 Å². The van der Waals surface area contributed by atoms with Crippen molar-refractivity contribution >= 4 is 29.1 Å². The number of ether oxygens (including phenoxy) is 1. The summed E-state index contributed by atoms with van der Waals surface area (Å²) in [6, 6.07) is 5.22. The molecule has 1 unspecified atom stereocenters. The first kappa shape index (κ1) is 15.4. The summed E-state index contributed by atoms with van der Waals surface area (Å²) >= 11 is 11.8. The summed E-state index contributed by atoms with van der Waals surface area (Å²) in [6.07, 6.45) is 2.61. The Labute approximate surface area is 128 Å². The number of rotatable bonds is 7. The molecule has 1 aliphatic rings. The van der Waals surface area contributed by atoms with Crippen molar-refractivity contribution in [3.05, 3.63) is 28.2 Å². The van der Waals surface area contributed by atoms with Gasteiger partial charge in [-0.25, -0.2) is 0 Å². The monoisotopic (exact) mass is 316 g/mol. The van der Waals surface area contributed by atoms with Crippen LogP contribution in [0.15, 0.2) is 18.2 Å². The Morgan fingerprint density at radius 1 is 1.45 bits per heavy atom. The van der Waals surface area contributed by atoms with E-state index in [1.807, 2.05) is 0 Å². The average Bonchev–Trinajstić information content (AvgIpc) is 3.25. The number of hydrogen-bond donors (Lipinski definition) is 2. The van der Waals surface area contributed by atoms with E-state index in [4.69, 9.17) is 33.7 Å². The summed E-state index contributed by atoms with van der Waals surface area (Å²) in [4.78, 5) is 11.6. The van der Waals surface area contributed by atoms with Gasteiger partial charge in [-0.1, -0.05) is 29.3 Å². The second-order valence-corrected chi connectivity index (χ2v) is 5.74. The zero-order valence-electron chi connectivity index (χ0n) is 11.1. The van der Waals surface area contributed by atoms with Gasteiger partial charge in [-0.15, -0.1) is 0 Å². The maximum atomic E-state index is 11.6. The summed E-state index contributed by atoms with van der Waals surface area (Å²) in [7, 11) is 0. The van der Waals surface area contributed by atoms with E-state index in [0.29, 0.717) is 28.3 Å². The molecular weight excluding hydrogens is 299 g/mol. The van der Waals surface area contributed by atoms with Crippen LogP contribution in [0.4, 0.5) is 0 Å². The number of carbonyl (C=O) groups excluding carboxylic acids is 1. The van der Waals surface area contributed by atoms with E-state index in [0.717, 1.165) is 0 Å². The second-order valence-electron chi connectivity index (χ2n) is 4.96. The quantitative estimate of drug-likeness (QED) is 0.812. The van der Waals surface area contributed by atoms with Gasteiger partial charge in [-0.3, -0.25) is 4.79 Å². The molecule has 0 radical (unpaired) electrons. The number of nitrogens with two attached hydrogens (primary N) is 1. The number of benzene rings is 1. The lowest BCUT2D eigenvalue weighted by molar-refractivity contribution is -0.121. The van der Waals surface area contributed by atoms with Gasteiger partial charge < -0.3 is 15.8 Å². The summed E-state index contributed by atoms with van der Waals surface area (Å²) in [5.41, 5.74) is 5.91. The van der Waals surface area contributed by atoms with E-state index in [9.17, 15) is 4.79 Å². The van der Waals surface area contributed by atoms with Gasteiger partial charge in [0.25, 0.3) is 0 Å². The molecule has 0 heterocycles. The third kappa shape index (κ3) is 4.54. The lowest BCUT2D eigenvalue weighted by Crippen LogP contribution is -2.38. The van der Waals surface area contributed by atoms with E-state index in [1.165, 1.54) is 12.8 Å². The Morgan fingerprint density at radius 3 is 2.90 bits per heavy atom. The van der Waals surface area contributed by atoms with Gasteiger partial charge >= 0.3 is 0 Å². The Bertz CT molecular complexity index is 478. The van der Waals surface area contributed by atoms with Gasteiger partial charge in [-0.05, 0) is 30.9 Å². The fourth-order valence-corrected chi connectivity index (χ4v) is 2.21. The minimum Gasteiger partial charge on any atom is -0.491 e. The van der Waals surface area contributed by atoms with Crippen molar-refractivity contribution in [3.8, 4) is 5.75 Å². The Balaban J connectivity index is 1.67. The van der Waals surface area contributed by atoms with E-state index in [-0.39, 0.29) is 25.0 Å². The van der Waals surface area contributed by atoms with Gasteiger partial charge in [0, 0.05) is 12.6 Å². The van der Waals surface area contributed by atoms with E-state index < -0.39 is 0 Å². The summed E-state index contributed by atoms with van der Waals surface area (Å²) in [5.74, 6) is 0.998. The Kier molecular flexibility index (Phi) is 5.52. The lowest BCUT2D eigenvalue weighted by atomic mass is 10.2. The van der Waals surface area contributed by atoms with Crippen molar-refractivity contribution in [3.63, 3.8) is 0 Å². The molecular formula is C14H18Cl2N2O2. The van der Waals surface area contributed by atoms with Crippen molar-refractivity contribution < 1.29 is 9.53 Å². The first-order valence-corrected chi connectivity index (χ1v) is 7.42. The summed E-state index contributed by atoms with van der Waals surface area (Å²) in [5, 5.41) is 3.61. The van der Waals surface area contributed by atoms with E-state index >= 15 is 0 Å². The largest absolute Gasteiger partial charge is 0.491 e. The van der Waals surface area contributed by atoms with Crippen molar-refractivity contribution in [2.24, 2.45) is 11.7 Å². The van der Waals surface area contributed by atoms with Crippen molar-refractivity contribution in [1.82, 2.24) is 5.32 Å². The zero-order chi connectivity index (χ0) is 14.5. The number of halogens is 2. The minimum absolute atomic E-state index is 0.0701. The van der Waals surface area contributed by atoms with Gasteiger partial charge in [-0.2, -0.15) is 0 Å². The van der Waals surface area contributed by atoms with Gasteiger partial charge in [0.15, 0.2) is 0 Å². The molecule has 1 fully saturated rings. The molecule has 0 aliphatic heterocycles. The number of hydrogen-bond acceptors (Lipinski definition) is 3. The second kappa shape index (κ2) is 7.16. The number of nitrogens with one attached hydrogen (secondary N) is 1. The first-order valence-electron chi connectivity index (χ1n) is 6.67. The summed E-state index contributed by atoms with van der Waals surface area (Å²) in [6.45, 7) is 0.784. The van der Waals surface area contributed by atoms with Gasteiger partial charge in [0.1, 0.15) is 10.8 Å². The minimum atomic E-state index is -0.0701. The molecule has 1 aromatic carbocycles. The molecule has 20 heavy (non-hydrogen) atoms. The number of carbonyl (C=O) groups is 1. The van der Waals surface area contributed by atoms with E-state index in [1.54, 1.807) is 18.2 Å².